The van der Waals surface area contributed by atoms with Gasteiger partial charge in [-0.15, -0.1) is 0 Å². The Balaban J connectivity index is 2.99. The second kappa shape index (κ2) is 11.4. The van der Waals surface area contributed by atoms with Gasteiger partial charge in [-0.25, -0.2) is 0 Å². The Hall–Kier alpha value is -0.660. The number of hydrogen-bond acceptors (Lipinski definition) is 2. The van der Waals surface area contributed by atoms with Crippen LogP contribution in [-0.2, 0) is 0 Å². The van der Waals surface area contributed by atoms with E-state index in [1.165, 1.54) is 57.6 Å². The van der Waals surface area contributed by atoms with Gasteiger partial charge in [0.1, 0.15) is 5.76 Å². The Bertz CT molecular complexity index is 155. The summed E-state index contributed by atoms with van der Waals surface area (Å²) in [6, 6.07) is 0. The van der Waals surface area contributed by atoms with Crippen molar-refractivity contribution in [2.45, 2.75) is 71.1 Å². The van der Waals surface area contributed by atoms with E-state index >= 15 is 0 Å². The largest absolute Gasteiger partial charge is 0.511 e. The summed E-state index contributed by atoms with van der Waals surface area (Å²) in [6.45, 7) is 2.25. The third kappa shape index (κ3) is 11.3. The highest BCUT2D eigenvalue weighted by Crippen LogP contribution is 2.11. The summed E-state index contributed by atoms with van der Waals surface area (Å²) in [4.78, 5) is 0. The topological polar surface area (TPSA) is 46.2 Å². The molecule has 2 heteroatoms. The van der Waals surface area contributed by atoms with Crippen molar-refractivity contribution < 1.29 is 5.11 Å². The van der Waals surface area contributed by atoms with E-state index in [1.54, 1.807) is 0 Å². The number of allylic oxidation sites excluding steroid dienone is 1. The first-order chi connectivity index (χ1) is 7.31. The SMILES string of the molecule is CCCCCCCCCCCC(O)=CN. The molecule has 0 radical (unpaired) electrons. The molecule has 0 unspecified atom stereocenters. The number of aliphatic hydroxyl groups excluding tert-OH is 1. The molecule has 0 aliphatic rings. The molecule has 0 saturated heterocycles. The maximum Gasteiger partial charge on any atom is 0.108 e. The fourth-order valence-corrected chi connectivity index (χ4v) is 1.70. The van der Waals surface area contributed by atoms with Crippen molar-refractivity contribution in [1.82, 2.24) is 0 Å². The maximum atomic E-state index is 9.09. The van der Waals surface area contributed by atoms with Gasteiger partial charge in [-0.3, -0.25) is 0 Å². The molecule has 3 N–H and O–H groups in total. The average Bonchev–Trinajstić information content (AvgIpc) is 2.26. The van der Waals surface area contributed by atoms with Crippen LogP contribution in [0.1, 0.15) is 71.1 Å². The Morgan fingerprint density at radius 1 is 0.933 bits per heavy atom. The zero-order valence-electron chi connectivity index (χ0n) is 10.2. The van der Waals surface area contributed by atoms with Crippen molar-refractivity contribution >= 4 is 0 Å². The molecule has 15 heavy (non-hydrogen) atoms. The number of nitrogens with two attached hydrogens (primary N) is 1. The normalized spacial score (nSPS) is 11.9. The minimum atomic E-state index is 0.331. The lowest BCUT2D eigenvalue weighted by Gasteiger charge is -2.01. The molecular weight excluding hydrogens is 186 g/mol. The maximum absolute atomic E-state index is 9.09. The highest BCUT2D eigenvalue weighted by atomic mass is 16.3. The molecule has 0 atom stereocenters. The standard InChI is InChI=1S/C13H27NO/c1-2-3-4-5-6-7-8-9-10-11-13(15)12-14/h12,15H,2-11,14H2,1H3. The number of aliphatic hydroxyl groups is 1. The van der Waals surface area contributed by atoms with Crippen LogP contribution in [0.5, 0.6) is 0 Å². The molecule has 2 nitrogen and oxygen atoms in total. The molecule has 0 saturated carbocycles. The molecule has 0 spiro atoms. The van der Waals surface area contributed by atoms with E-state index in [1.807, 2.05) is 0 Å². The first-order valence-electron chi connectivity index (χ1n) is 6.41. The quantitative estimate of drug-likeness (QED) is 0.420. The molecule has 0 aliphatic heterocycles. The van der Waals surface area contributed by atoms with E-state index in [-0.39, 0.29) is 0 Å². The smallest absolute Gasteiger partial charge is 0.108 e. The van der Waals surface area contributed by atoms with Gasteiger partial charge in [0.15, 0.2) is 0 Å². The van der Waals surface area contributed by atoms with E-state index in [2.05, 4.69) is 6.92 Å². The zero-order valence-corrected chi connectivity index (χ0v) is 10.2. The summed E-state index contributed by atoms with van der Waals surface area (Å²) in [6.07, 6.45) is 13.8. The summed E-state index contributed by atoms with van der Waals surface area (Å²) >= 11 is 0. The molecule has 0 aliphatic carbocycles. The first-order valence-corrected chi connectivity index (χ1v) is 6.41. The lowest BCUT2D eigenvalue weighted by Crippen LogP contribution is -1.88. The third-order valence-electron chi connectivity index (χ3n) is 2.73. The lowest BCUT2D eigenvalue weighted by molar-refractivity contribution is 0.378. The van der Waals surface area contributed by atoms with Crippen molar-refractivity contribution in [2.75, 3.05) is 0 Å². The number of unbranched alkanes of at least 4 members (excludes halogenated alkanes) is 8. The molecule has 0 bridgehead atoms. The van der Waals surface area contributed by atoms with E-state index in [4.69, 9.17) is 10.8 Å². The Morgan fingerprint density at radius 2 is 1.40 bits per heavy atom. The second-order valence-electron chi connectivity index (χ2n) is 4.24. The van der Waals surface area contributed by atoms with Crippen LogP contribution in [0.4, 0.5) is 0 Å². The van der Waals surface area contributed by atoms with Crippen LogP contribution in [-0.4, -0.2) is 5.11 Å². The van der Waals surface area contributed by atoms with Gasteiger partial charge >= 0.3 is 0 Å². The summed E-state index contributed by atoms with van der Waals surface area (Å²) in [5, 5.41) is 9.09. The van der Waals surface area contributed by atoms with Crippen LogP contribution in [0, 0.1) is 0 Å². The molecule has 0 aromatic carbocycles. The summed E-state index contributed by atoms with van der Waals surface area (Å²) in [5.74, 6) is 0.331. The monoisotopic (exact) mass is 213 g/mol. The highest BCUT2D eigenvalue weighted by molar-refractivity contribution is 4.85. The Kier molecular flexibility index (Phi) is 10.9. The van der Waals surface area contributed by atoms with Crippen LogP contribution in [0.15, 0.2) is 12.0 Å². The van der Waals surface area contributed by atoms with E-state index in [9.17, 15) is 0 Å². The minimum Gasteiger partial charge on any atom is -0.511 e. The molecular formula is C13H27NO. The van der Waals surface area contributed by atoms with E-state index in [0.29, 0.717) is 5.76 Å². The predicted octanol–water partition coefficient (Wildman–Crippen LogP) is 4.27. The van der Waals surface area contributed by atoms with Gasteiger partial charge in [0.05, 0.1) is 0 Å². The van der Waals surface area contributed by atoms with Gasteiger partial charge in [-0.2, -0.15) is 0 Å². The molecule has 0 aromatic heterocycles. The van der Waals surface area contributed by atoms with E-state index < -0.39 is 0 Å². The van der Waals surface area contributed by atoms with Gasteiger partial charge < -0.3 is 10.8 Å². The van der Waals surface area contributed by atoms with Crippen LogP contribution >= 0.6 is 0 Å². The van der Waals surface area contributed by atoms with Gasteiger partial charge in [0, 0.05) is 12.6 Å². The van der Waals surface area contributed by atoms with Gasteiger partial charge in [-0.1, -0.05) is 58.3 Å². The van der Waals surface area contributed by atoms with Crippen molar-refractivity contribution in [2.24, 2.45) is 5.73 Å². The molecule has 0 rings (SSSR count). The van der Waals surface area contributed by atoms with Crippen LogP contribution < -0.4 is 5.73 Å². The van der Waals surface area contributed by atoms with Crippen molar-refractivity contribution in [3.05, 3.63) is 12.0 Å². The molecule has 0 aromatic rings. The Labute approximate surface area is 94.6 Å². The molecule has 0 heterocycles. The van der Waals surface area contributed by atoms with Crippen molar-refractivity contribution in [3.8, 4) is 0 Å². The summed E-state index contributed by atoms with van der Waals surface area (Å²) in [5.41, 5.74) is 5.17. The molecule has 90 valence electrons. The van der Waals surface area contributed by atoms with E-state index in [0.717, 1.165) is 12.8 Å². The lowest BCUT2D eigenvalue weighted by atomic mass is 10.1. The fraction of sp³-hybridized carbons (Fsp3) is 0.846. The zero-order chi connectivity index (χ0) is 11.4. The second-order valence-corrected chi connectivity index (χ2v) is 4.24. The van der Waals surface area contributed by atoms with Crippen molar-refractivity contribution in [1.29, 1.82) is 0 Å². The molecule has 0 amide bonds. The van der Waals surface area contributed by atoms with Crippen LogP contribution in [0.25, 0.3) is 0 Å². The Morgan fingerprint density at radius 3 is 1.87 bits per heavy atom. The summed E-state index contributed by atoms with van der Waals surface area (Å²) in [7, 11) is 0. The summed E-state index contributed by atoms with van der Waals surface area (Å²) < 4.78 is 0. The molecule has 0 fully saturated rings. The van der Waals surface area contributed by atoms with Gasteiger partial charge in [0.25, 0.3) is 0 Å². The van der Waals surface area contributed by atoms with Gasteiger partial charge in [0.2, 0.25) is 0 Å². The van der Waals surface area contributed by atoms with Crippen LogP contribution in [0.2, 0.25) is 0 Å². The van der Waals surface area contributed by atoms with Crippen LogP contribution in [0.3, 0.4) is 0 Å². The first kappa shape index (κ1) is 14.3. The number of rotatable bonds is 10. The fourth-order valence-electron chi connectivity index (χ4n) is 1.70. The predicted molar refractivity (Wildman–Crippen MR) is 66.7 cm³/mol. The average molecular weight is 213 g/mol. The number of hydrogen-bond donors (Lipinski definition) is 2. The van der Waals surface area contributed by atoms with Crippen molar-refractivity contribution in [3.63, 3.8) is 0 Å². The highest BCUT2D eigenvalue weighted by Gasteiger charge is 1.94. The van der Waals surface area contributed by atoms with Gasteiger partial charge in [-0.05, 0) is 6.42 Å². The minimum absolute atomic E-state index is 0.331. The third-order valence-corrected chi connectivity index (χ3v) is 2.73.